The van der Waals surface area contributed by atoms with Crippen molar-refractivity contribution in [2.45, 2.75) is 58.2 Å². The first-order chi connectivity index (χ1) is 8.33. The van der Waals surface area contributed by atoms with E-state index in [0.29, 0.717) is 0 Å². The van der Waals surface area contributed by atoms with E-state index in [1.54, 1.807) is 0 Å². The molecule has 2 heteroatoms. The van der Waals surface area contributed by atoms with Gasteiger partial charge in [-0.2, -0.15) is 0 Å². The van der Waals surface area contributed by atoms with Crippen molar-refractivity contribution in [2.75, 3.05) is 13.2 Å². The predicted molar refractivity (Wildman–Crippen MR) is 70.1 cm³/mol. The molecule has 0 bridgehead atoms. The van der Waals surface area contributed by atoms with Gasteiger partial charge in [0.2, 0.25) is 0 Å². The lowest BCUT2D eigenvalue weighted by atomic mass is 9.91. The summed E-state index contributed by atoms with van der Waals surface area (Å²) in [6.07, 6.45) is 11.1. The molecular formula is C15H24O2. The third kappa shape index (κ3) is 3.20. The second-order valence-electron chi connectivity index (χ2n) is 5.02. The van der Waals surface area contributed by atoms with E-state index in [2.05, 4.69) is 26.0 Å². The minimum atomic E-state index is 0.190. The molecule has 2 aliphatic heterocycles. The Morgan fingerprint density at radius 3 is 2.76 bits per heavy atom. The highest BCUT2D eigenvalue weighted by Crippen LogP contribution is 2.30. The van der Waals surface area contributed by atoms with Gasteiger partial charge in [-0.1, -0.05) is 44.8 Å². The Bertz CT molecular complexity index is 304. The van der Waals surface area contributed by atoms with E-state index >= 15 is 0 Å². The van der Waals surface area contributed by atoms with Crippen LogP contribution in [0.15, 0.2) is 23.3 Å². The monoisotopic (exact) mass is 236 g/mol. The normalized spacial score (nSPS) is 28.4. The fourth-order valence-corrected chi connectivity index (χ4v) is 2.65. The van der Waals surface area contributed by atoms with Gasteiger partial charge in [0.15, 0.2) is 0 Å². The maximum absolute atomic E-state index is 5.85. The van der Waals surface area contributed by atoms with E-state index in [-0.39, 0.29) is 12.2 Å². The molecule has 0 aromatic carbocycles. The molecule has 2 rings (SSSR count). The van der Waals surface area contributed by atoms with Crippen molar-refractivity contribution in [2.24, 2.45) is 0 Å². The highest BCUT2D eigenvalue weighted by atomic mass is 16.5. The molecular weight excluding hydrogens is 212 g/mol. The zero-order valence-corrected chi connectivity index (χ0v) is 11.1. The minimum absolute atomic E-state index is 0.190. The van der Waals surface area contributed by atoms with Crippen LogP contribution >= 0.6 is 0 Å². The number of hydrogen-bond donors (Lipinski definition) is 0. The van der Waals surface area contributed by atoms with Crippen LogP contribution in [0.25, 0.3) is 0 Å². The summed E-state index contributed by atoms with van der Waals surface area (Å²) in [6.45, 7) is 5.92. The lowest BCUT2D eigenvalue weighted by Crippen LogP contribution is -2.39. The Balaban J connectivity index is 1.88. The zero-order valence-electron chi connectivity index (χ0n) is 11.1. The van der Waals surface area contributed by atoms with Crippen molar-refractivity contribution in [3.63, 3.8) is 0 Å². The molecule has 0 amide bonds. The summed E-state index contributed by atoms with van der Waals surface area (Å²) in [4.78, 5) is 0. The molecule has 0 aromatic rings. The Labute approximate surface area is 105 Å². The van der Waals surface area contributed by atoms with Crippen molar-refractivity contribution in [3.8, 4) is 0 Å². The van der Waals surface area contributed by atoms with Crippen LogP contribution < -0.4 is 0 Å². The summed E-state index contributed by atoms with van der Waals surface area (Å²) in [7, 11) is 0. The first-order valence-corrected chi connectivity index (χ1v) is 6.93. The molecule has 2 aliphatic rings. The van der Waals surface area contributed by atoms with Crippen LogP contribution in [0.3, 0.4) is 0 Å². The third-order valence-electron chi connectivity index (χ3n) is 3.72. The molecule has 17 heavy (non-hydrogen) atoms. The van der Waals surface area contributed by atoms with Gasteiger partial charge in [-0.25, -0.2) is 0 Å². The van der Waals surface area contributed by atoms with E-state index in [1.807, 2.05) is 0 Å². The van der Waals surface area contributed by atoms with Crippen LogP contribution in [0.2, 0.25) is 0 Å². The Morgan fingerprint density at radius 2 is 1.94 bits per heavy atom. The summed E-state index contributed by atoms with van der Waals surface area (Å²) in [5.41, 5.74) is 2.74. The Hall–Kier alpha value is -0.600. The SMILES string of the molecule is CCCCCC[C@@H]1OCC=C2C(C)=CCO[C@@H]21. The first-order valence-electron chi connectivity index (χ1n) is 6.93. The van der Waals surface area contributed by atoms with Crippen molar-refractivity contribution < 1.29 is 9.47 Å². The number of fused-ring (bicyclic) bond motifs is 1. The lowest BCUT2D eigenvalue weighted by Gasteiger charge is -2.35. The predicted octanol–water partition coefficient (Wildman–Crippen LogP) is 3.63. The van der Waals surface area contributed by atoms with Crippen LogP contribution in [0.1, 0.15) is 46.0 Å². The van der Waals surface area contributed by atoms with Crippen LogP contribution in [0, 0.1) is 0 Å². The maximum Gasteiger partial charge on any atom is 0.109 e. The first kappa shape index (κ1) is 12.8. The molecule has 0 saturated heterocycles. The Morgan fingerprint density at radius 1 is 1.12 bits per heavy atom. The fourth-order valence-electron chi connectivity index (χ4n) is 2.65. The summed E-state index contributed by atoms with van der Waals surface area (Å²) in [5.74, 6) is 0. The van der Waals surface area contributed by atoms with Gasteiger partial charge in [0.05, 0.1) is 19.3 Å². The average Bonchev–Trinajstić information content (AvgIpc) is 2.36. The third-order valence-corrected chi connectivity index (χ3v) is 3.72. The molecule has 0 unspecified atom stereocenters. The van der Waals surface area contributed by atoms with Crippen LogP contribution in [-0.4, -0.2) is 25.4 Å². The standard InChI is InChI=1S/C15H24O2/c1-3-4-5-6-7-14-15-13(9-11-16-14)12(2)8-10-17-15/h8-9,14-15H,3-7,10-11H2,1-2H3/t14-,15-/m0/s1. The Kier molecular flexibility index (Phi) is 4.81. The van der Waals surface area contributed by atoms with Crippen molar-refractivity contribution >= 4 is 0 Å². The highest BCUT2D eigenvalue weighted by molar-refractivity contribution is 5.36. The van der Waals surface area contributed by atoms with Crippen molar-refractivity contribution in [1.29, 1.82) is 0 Å². The van der Waals surface area contributed by atoms with Gasteiger partial charge in [-0.05, 0) is 24.5 Å². The molecule has 0 fully saturated rings. The van der Waals surface area contributed by atoms with Crippen LogP contribution in [0.4, 0.5) is 0 Å². The van der Waals surface area contributed by atoms with Gasteiger partial charge in [0, 0.05) is 0 Å². The van der Waals surface area contributed by atoms with Gasteiger partial charge >= 0.3 is 0 Å². The van der Waals surface area contributed by atoms with Crippen LogP contribution in [-0.2, 0) is 9.47 Å². The largest absolute Gasteiger partial charge is 0.371 e. The van der Waals surface area contributed by atoms with E-state index in [1.165, 1.54) is 36.8 Å². The topological polar surface area (TPSA) is 18.5 Å². The van der Waals surface area contributed by atoms with Gasteiger partial charge in [0.25, 0.3) is 0 Å². The highest BCUT2D eigenvalue weighted by Gasteiger charge is 2.31. The molecule has 0 radical (unpaired) electrons. The second-order valence-corrected chi connectivity index (χ2v) is 5.02. The molecule has 96 valence electrons. The number of unbranched alkanes of at least 4 members (excludes halogenated alkanes) is 3. The fraction of sp³-hybridized carbons (Fsp3) is 0.733. The zero-order chi connectivity index (χ0) is 12.1. The molecule has 2 nitrogen and oxygen atoms in total. The van der Waals surface area contributed by atoms with E-state index in [0.717, 1.165) is 19.6 Å². The quantitative estimate of drug-likeness (QED) is 0.679. The second kappa shape index (κ2) is 6.36. The number of ether oxygens (including phenoxy) is 2. The summed E-state index contributed by atoms with van der Waals surface area (Å²) in [6, 6.07) is 0. The molecule has 0 saturated carbocycles. The average molecular weight is 236 g/mol. The minimum Gasteiger partial charge on any atom is -0.371 e. The van der Waals surface area contributed by atoms with Gasteiger partial charge in [-0.3, -0.25) is 0 Å². The lowest BCUT2D eigenvalue weighted by molar-refractivity contribution is -0.0580. The smallest absolute Gasteiger partial charge is 0.109 e. The van der Waals surface area contributed by atoms with E-state index < -0.39 is 0 Å². The molecule has 0 spiro atoms. The summed E-state index contributed by atoms with van der Waals surface area (Å²) in [5, 5.41) is 0. The summed E-state index contributed by atoms with van der Waals surface area (Å²) >= 11 is 0. The van der Waals surface area contributed by atoms with Gasteiger partial charge in [-0.15, -0.1) is 0 Å². The van der Waals surface area contributed by atoms with Crippen LogP contribution in [0.5, 0.6) is 0 Å². The molecule has 0 aliphatic carbocycles. The molecule has 2 atom stereocenters. The van der Waals surface area contributed by atoms with E-state index in [9.17, 15) is 0 Å². The molecule has 0 aromatic heterocycles. The van der Waals surface area contributed by atoms with Crippen molar-refractivity contribution in [3.05, 3.63) is 23.3 Å². The summed E-state index contributed by atoms with van der Waals surface area (Å²) < 4.78 is 11.7. The van der Waals surface area contributed by atoms with E-state index in [4.69, 9.17) is 9.47 Å². The molecule has 2 heterocycles. The van der Waals surface area contributed by atoms with Gasteiger partial charge in [0.1, 0.15) is 6.10 Å². The molecule has 0 N–H and O–H groups in total. The van der Waals surface area contributed by atoms with Gasteiger partial charge < -0.3 is 9.47 Å². The van der Waals surface area contributed by atoms with Crippen molar-refractivity contribution in [1.82, 2.24) is 0 Å². The number of hydrogen-bond acceptors (Lipinski definition) is 2. The maximum atomic E-state index is 5.85. The number of rotatable bonds is 5.